The number of likely N-dealkylation sites (N-methyl/N-ethyl adjacent to an activating group) is 1. The Labute approximate surface area is 147 Å². The molecule has 3 heterocycles. The van der Waals surface area contributed by atoms with Gasteiger partial charge in [-0.05, 0) is 13.0 Å². The fourth-order valence-electron chi connectivity index (χ4n) is 3.24. The van der Waals surface area contributed by atoms with E-state index in [0.29, 0.717) is 37.3 Å². The molecule has 1 unspecified atom stereocenters. The number of nitrogens with zero attached hydrogens (tertiary/aromatic N) is 6. The van der Waals surface area contributed by atoms with E-state index in [2.05, 4.69) is 44.0 Å². The molecule has 1 N–H and O–H groups in total. The summed E-state index contributed by atoms with van der Waals surface area (Å²) in [6.07, 6.45) is 1.37. The Hall–Kier alpha value is -1.84. The molecule has 0 spiro atoms. The molecule has 2 aromatic rings. The summed E-state index contributed by atoms with van der Waals surface area (Å²) in [5, 5.41) is 22.4. The summed E-state index contributed by atoms with van der Waals surface area (Å²) in [6, 6.07) is 0.00948. The normalized spacial score (nSPS) is 21.5. The van der Waals surface area contributed by atoms with E-state index in [9.17, 15) is 5.11 Å². The van der Waals surface area contributed by atoms with Crippen LogP contribution in [0.4, 0.5) is 0 Å². The zero-order valence-corrected chi connectivity index (χ0v) is 15.1. The second-order valence-electron chi connectivity index (χ2n) is 6.46. The molecular weight excluding hydrogens is 324 g/mol. The smallest absolute Gasteiger partial charge is 0.240 e. The summed E-state index contributed by atoms with van der Waals surface area (Å²) < 4.78 is 10.8. The van der Waals surface area contributed by atoms with E-state index >= 15 is 0 Å². The summed E-state index contributed by atoms with van der Waals surface area (Å²) in [7, 11) is 0. The Kier molecular flexibility index (Phi) is 5.77. The van der Waals surface area contributed by atoms with E-state index in [4.69, 9.17) is 8.94 Å². The monoisotopic (exact) mass is 350 g/mol. The van der Waals surface area contributed by atoms with Crippen molar-refractivity contribution in [3.8, 4) is 0 Å². The van der Waals surface area contributed by atoms with Gasteiger partial charge in [0.2, 0.25) is 17.7 Å². The largest absolute Gasteiger partial charge is 0.424 e. The average molecular weight is 350 g/mol. The van der Waals surface area contributed by atoms with Crippen molar-refractivity contribution in [2.24, 2.45) is 0 Å². The number of rotatable bonds is 8. The Balaban J connectivity index is 1.59. The van der Waals surface area contributed by atoms with E-state index in [0.717, 1.165) is 31.8 Å². The molecule has 0 amide bonds. The maximum Gasteiger partial charge on any atom is 0.240 e. The fraction of sp³-hybridized carbons (Fsp3) is 0.750. The molecule has 0 saturated carbocycles. The minimum atomic E-state index is -0.443. The number of aliphatic hydroxyl groups is 1. The molecule has 9 nitrogen and oxygen atoms in total. The minimum absolute atomic E-state index is 0.00948. The Morgan fingerprint density at radius 2 is 2.08 bits per heavy atom. The van der Waals surface area contributed by atoms with Crippen molar-refractivity contribution in [1.29, 1.82) is 0 Å². The zero-order chi connectivity index (χ0) is 17.8. The van der Waals surface area contributed by atoms with Gasteiger partial charge in [-0.1, -0.05) is 19.0 Å². The molecule has 0 aliphatic carbocycles. The van der Waals surface area contributed by atoms with Gasteiger partial charge in [-0.25, -0.2) is 0 Å². The van der Waals surface area contributed by atoms with Gasteiger partial charge in [0.25, 0.3) is 0 Å². The van der Waals surface area contributed by atoms with Gasteiger partial charge in [0.15, 0.2) is 5.82 Å². The predicted molar refractivity (Wildman–Crippen MR) is 88.5 cm³/mol. The van der Waals surface area contributed by atoms with Crippen LogP contribution in [0.1, 0.15) is 43.8 Å². The van der Waals surface area contributed by atoms with E-state index in [1.807, 2.05) is 0 Å². The highest BCUT2D eigenvalue weighted by atomic mass is 16.5. The van der Waals surface area contributed by atoms with Crippen molar-refractivity contribution in [1.82, 2.24) is 30.1 Å². The van der Waals surface area contributed by atoms with Crippen molar-refractivity contribution in [2.75, 3.05) is 19.6 Å². The van der Waals surface area contributed by atoms with Gasteiger partial charge in [0, 0.05) is 26.4 Å². The van der Waals surface area contributed by atoms with Crippen LogP contribution < -0.4 is 0 Å². The third-order valence-corrected chi connectivity index (χ3v) is 4.46. The molecule has 0 aromatic carbocycles. The standard InChI is InChI=1S/C16H26N6O3/c1-4-6-14-17-15(25-20-14)9-21-7-12(13(23)8-21)22(5-2)10-16-19-18-11(3)24-16/h12-13,23H,4-10H2,1-3H3/t12?,13-/m1/s1. The molecule has 2 atom stereocenters. The van der Waals surface area contributed by atoms with Crippen LogP contribution >= 0.6 is 0 Å². The molecule has 1 aliphatic heterocycles. The number of aryl methyl sites for hydroxylation is 2. The molecular formula is C16H26N6O3. The van der Waals surface area contributed by atoms with Crippen LogP contribution in [0.15, 0.2) is 8.94 Å². The maximum absolute atomic E-state index is 10.5. The first kappa shape index (κ1) is 18.0. The number of likely N-dealkylation sites (tertiary alicyclic amines) is 1. The van der Waals surface area contributed by atoms with Crippen molar-refractivity contribution in [3.05, 3.63) is 23.5 Å². The second-order valence-corrected chi connectivity index (χ2v) is 6.46. The van der Waals surface area contributed by atoms with Gasteiger partial charge in [0.05, 0.1) is 25.2 Å². The highest BCUT2D eigenvalue weighted by molar-refractivity contribution is 4.95. The first-order valence-corrected chi connectivity index (χ1v) is 8.84. The fourth-order valence-corrected chi connectivity index (χ4v) is 3.24. The number of aliphatic hydroxyl groups excluding tert-OH is 1. The molecule has 0 radical (unpaired) electrons. The molecule has 1 saturated heterocycles. The van der Waals surface area contributed by atoms with Crippen LogP contribution in [0.25, 0.3) is 0 Å². The lowest BCUT2D eigenvalue weighted by molar-refractivity contribution is 0.0760. The Morgan fingerprint density at radius 3 is 2.76 bits per heavy atom. The summed E-state index contributed by atoms with van der Waals surface area (Å²) >= 11 is 0. The number of hydrogen-bond donors (Lipinski definition) is 1. The van der Waals surface area contributed by atoms with Crippen LogP contribution in [0, 0.1) is 6.92 Å². The predicted octanol–water partition coefficient (Wildman–Crippen LogP) is 0.781. The summed E-state index contributed by atoms with van der Waals surface area (Å²) in [6.45, 7) is 9.11. The topological polar surface area (TPSA) is 105 Å². The molecule has 138 valence electrons. The first-order valence-electron chi connectivity index (χ1n) is 8.84. The number of β-amino-alcohol motifs (C(OH)–C–C–N with tert-alkyl or cyclic N) is 1. The zero-order valence-electron chi connectivity index (χ0n) is 15.1. The third-order valence-electron chi connectivity index (χ3n) is 4.46. The van der Waals surface area contributed by atoms with Crippen molar-refractivity contribution in [2.45, 2.75) is 58.8 Å². The number of hydrogen-bond acceptors (Lipinski definition) is 9. The van der Waals surface area contributed by atoms with E-state index in [-0.39, 0.29) is 6.04 Å². The first-order chi connectivity index (χ1) is 12.1. The minimum Gasteiger partial charge on any atom is -0.424 e. The Bertz CT molecular complexity index is 672. The van der Waals surface area contributed by atoms with Gasteiger partial charge in [-0.3, -0.25) is 9.80 Å². The van der Waals surface area contributed by atoms with Crippen LogP contribution in [0.3, 0.4) is 0 Å². The quantitative estimate of drug-likeness (QED) is 0.739. The van der Waals surface area contributed by atoms with Crippen molar-refractivity contribution in [3.63, 3.8) is 0 Å². The summed E-state index contributed by atoms with van der Waals surface area (Å²) in [5.41, 5.74) is 0. The van der Waals surface area contributed by atoms with Crippen LogP contribution in [-0.2, 0) is 19.5 Å². The van der Waals surface area contributed by atoms with Crippen LogP contribution in [0.2, 0.25) is 0 Å². The van der Waals surface area contributed by atoms with Gasteiger partial charge in [-0.2, -0.15) is 4.98 Å². The van der Waals surface area contributed by atoms with E-state index in [1.165, 1.54) is 0 Å². The molecule has 9 heteroatoms. The van der Waals surface area contributed by atoms with E-state index < -0.39 is 6.10 Å². The van der Waals surface area contributed by atoms with Gasteiger partial charge in [-0.15, -0.1) is 10.2 Å². The lowest BCUT2D eigenvalue weighted by atomic mass is 10.2. The average Bonchev–Trinajstić information content (AvgIpc) is 3.28. The van der Waals surface area contributed by atoms with Gasteiger partial charge >= 0.3 is 0 Å². The highest BCUT2D eigenvalue weighted by Crippen LogP contribution is 2.20. The summed E-state index contributed by atoms with van der Waals surface area (Å²) in [4.78, 5) is 8.70. The van der Waals surface area contributed by atoms with Crippen molar-refractivity contribution >= 4 is 0 Å². The molecule has 25 heavy (non-hydrogen) atoms. The second kappa shape index (κ2) is 8.03. The third kappa shape index (κ3) is 4.42. The lowest BCUT2D eigenvalue weighted by Gasteiger charge is -2.28. The highest BCUT2D eigenvalue weighted by Gasteiger charge is 2.36. The molecule has 3 rings (SSSR count). The van der Waals surface area contributed by atoms with Crippen LogP contribution in [0.5, 0.6) is 0 Å². The maximum atomic E-state index is 10.5. The molecule has 1 aliphatic rings. The van der Waals surface area contributed by atoms with Gasteiger partial charge in [0.1, 0.15) is 0 Å². The summed E-state index contributed by atoms with van der Waals surface area (Å²) in [5.74, 6) is 2.48. The molecule has 0 bridgehead atoms. The number of aromatic nitrogens is 4. The van der Waals surface area contributed by atoms with Crippen LogP contribution in [-0.4, -0.2) is 67.0 Å². The van der Waals surface area contributed by atoms with E-state index in [1.54, 1.807) is 6.92 Å². The van der Waals surface area contributed by atoms with Crippen molar-refractivity contribution < 1.29 is 14.0 Å². The Morgan fingerprint density at radius 1 is 1.24 bits per heavy atom. The SMILES string of the molecule is CCCc1noc(CN2CC(N(CC)Cc3nnc(C)o3)[C@H](O)C2)n1. The molecule has 1 fully saturated rings. The lowest BCUT2D eigenvalue weighted by Crippen LogP contribution is -2.42. The van der Waals surface area contributed by atoms with Gasteiger partial charge < -0.3 is 14.0 Å². The molecule has 2 aromatic heterocycles.